The minimum Gasteiger partial charge on any atom is -0.478 e. The normalized spacial score (nSPS) is 10.3. The molecule has 1 N–H and O–H groups in total. The summed E-state index contributed by atoms with van der Waals surface area (Å²) in [6, 6.07) is 7.50. The van der Waals surface area contributed by atoms with E-state index in [1.807, 2.05) is 36.2 Å². The van der Waals surface area contributed by atoms with Crippen LogP contribution in [0, 0.1) is 6.92 Å². The molecule has 6 heteroatoms. The lowest BCUT2D eigenvalue weighted by atomic mass is 10.2. The molecule has 0 saturated heterocycles. The van der Waals surface area contributed by atoms with Gasteiger partial charge in [-0.25, -0.2) is 14.8 Å². The van der Waals surface area contributed by atoms with Crippen LogP contribution in [-0.2, 0) is 6.54 Å². The Morgan fingerprint density at radius 2 is 2.00 bits per heavy atom. The van der Waals surface area contributed by atoms with Gasteiger partial charge in [-0.1, -0.05) is 23.7 Å². The van der Waals surface area contributed by atoms with E-state index in [1.54, 1.807) is 6.92 Å². The van der Waals surface area contributed by atoms with Gasteiger partial charge in [0.25, 0.3) is 0 Å². The van der Waals surface area contributed by atoms with Crippen molar-refractivity contribution in [3.8, 4) is 0 Å². The van der Waals surface area contributed by atoms with Gasteiger partial charge >= 0.3 is 5.97 Å². The number of rotatable bonds is 4. The van der Waals surface area contributed by atoms with Crippen molar-refractivity contribution in [2.45, 2.75) is 13.5 Å². The molecule has 1 aromatic heterocycles. The minimum atomic E-state index is -1.02. The van der Waals surface area contributed by atoms with Gasteiger partial charge in [0.2, 0.25) is 5.95 Å². The third-order valence-electron chi connectivity index (χ3n) is 2.87. The number of hydrogen-bond donors (Lipinski definition) is 1. The Hall–Kier alpha value is -2.14. The first kappa shape index (κ1) is 14.3. The Bertz CT molecular complexity index is 629. The van der Waals surface area contributed by atoms with Crippen LogP contribution in [-0.4, -0.2) is 28.1 Å². The second-order valence-electron chi connectivity index (χ2n) is 4.46. The summed E-state index contributed by atoms with van der Waals surface area (Å²) < 4.78 is 0. The number of benzene rings is 1. The third-order valence-corrected chi connectivity index (χ3v) is 3.12. The summed E-state index contributed by atoms with van der Waals surface area (Å²) >= 11 is 5.84. The molecule has 0 aliphatic carbocycles. The maximum atomic E-state index is 10.9. The monoisotopic (exact) mass is 291 g/mol. The van der Waals surface area contributed by atoms with Crippen LogP contribution in [0.5, 0.6) is 0 Å². The van der Waals surface area contributed by atoms with Gasteiger partial charge in [0.05, 0.1) is 11.3 Å². The van der Waals surface area contributed by atoms with Crippen LogP contribution in [0.4, 0.5) is 5.95 Å². The first-order chi connectivity index (χ1) is 9.47. The van der Waals surface area contributed by atoms with E-state index in [-0.39, 0.29) is 5.56 Å². The van der Waals surface area contributed by atoms with Crippen LogP contribution in [0.3, 0.4) is 0 Å². The van der Waals surface area contributed by atoms with Gasteiger partial charge in [-0.2, -0.15) is 0 Å². The number of halogens is 1. The lowest BCUT2D eigenvalue weighted by molar-refractivity contribution is 0.0695. The number of hydrogen-bond acceptors (Lipinski definition) is 4. The van der Waals surface area contributed by atoms with Crippen molar-refractivity contribution < 1.29 is 9.90 Å². The van der Waals surface area contributed by atoms with Gasteiger partial charge in [-0.05, 0) is 24.6 Å². The average molecular weight is 292 g/mol. The Morgan fingerprint density at radius 3 is 2.55 bits per heavy atom. The van der Waals surface area contributed by atoms with Crippen LogP contribution >= 0.6 is 11.6 Å². The minimum absolute atomic E-state index is 0.119. The highest BCUT2D eigenvalue weighted by atomic mass is 35.5. The molecule has 0 radical (unpaired) electrons. The van der Waals surface area contributed by atoms with Gasteiger partial charge in [0, 0.05) is 24.8 Å². The summed E-state index contributed by atoms with van der Waals surface area (Å²) in [5.74, 6) is -0.531. The van der Waals surface area contributed by atoms with Crippen molar-refractivity contribution in [2.24, 2.45) is 0 Å². The molecule has 0 aliphatic rings. The SMILES string of the molecule is Cc1nc(N(C)Cc2ccc(Cl)cc2)ncc1C(=O)O. The van der Waals surface area contributed by atoms with Crippen LogP contribution in [0.25, 0.3) is 0 Å². The highest BCUT2D eigenvalue weighted by molar-refractivity contribution is 6.30. The lowest BCUT2D eigenvalue weighted by Crippen LogP contribution is -2.20. The number of anilines is 1. The smallest absolute Gasteiger partial charge is 0.339 e. The highest BCUT2D eigenvalue weighted by Crippen LogP contribution is 2.15. The molecule has 104 valence electrons. The Balaban J connectivity index is 2.17. The summed E-state index contributed by atoms with van der Waals surface area (Å²) in [6.45, 7) is 2.27. The van der Waals surface area contributed by atoms with E-state index in [0.717, 1.165) is 5.56 Å². The first-order valence-corrected chi connectivity index (χ1v) is 6.37. The molecular formula is C14H14ClN3O2. The maximum Gasteiger partial charge on any atom is 0.339 e. The van der Waals surface area contributed by atoms with Crippen molar-refractivity contribution >= 4 is 23.5 Å². The van der Waals surface area contributed by atoms with E-state index in [1.165, 1.54) is 6.20 Å². The molecule has 0 amide bonds. The molecule has 0 atom stereocenters. The molecule has 0 spiro atoms. The molecule has 20 heavy (non-hydrogen) atoms. The molecule has 0 fully saturated rings. The van der Waals surface area contributed by atoms with Crippen LogP contribution in [0.1, 0.15) is 21.6 Å². The van der Waals surface area contributed by atoms with Gasteiger partial charge in [-0.3, -0.25) is 0 Å². The summed E-state index contributed by atoms with van der Waals surface area (Å²) in [4.78, 5) is 21.1. The molecule has 0 saturated carbocycles. The Labute approximate surface area is 121 Å². The number of carboxylic acid groups (broad SMARTS) is 1. The lowest BCUT2D eigenvalue weighted by Gasteiger charge is -2.17. The second kappa shape index (κ2) is 5.88. The topological polar surface area (TPSA) is 66.3 Å². The average Bonchev–Trinajstić information content (AvgIpc) is 2.40. The van der Waals surface area contributed by atoms with Gasteiger partial charge in [-0.15, -0.1) is 0 Å². The fraction of sp³-hybridized carbons (Fsp3) is 0.214. The Morgan fingerprint density at radius 1 is 1.35 bits per heavy atom. The quantitative estimate of drug-likeness (QED) is 0.938. The van der Waals surface area contributed by atoms with Crippen LogP contribution < -0.4 is 4.90 Å². The van der Waals surface area contributed by atoms with Gasteiger partial charge in [0.1, 0.15) is 0 Å². The number of carboxylic acids is 1. The standard InChI is InChI=1S/C14H14ClN3O2/c1-9-12(13(19)20)7-16-14(17-9)18(2)8-10-3-5-11(15)6-4-10/h3-7H,8H2,1-2H3,(H,19,20). The number of aryl methyl sites for hydroxylation is 1. The predicted molar refractivity (Wildman–Crippen MR) is 77.3 cm³/mol. The number of carbonyl (C=O) groups is 1. The molecular weight excluding hydrogens is 278 g/mol. The van der Waals surface area contributed by atoms with Gasteiger partial charge in [0.15, 0.2) is 0 Å². The fourth-order valence-electron chi connectivity index (χ4n) is 1.78. The number of aromatic nitrogens is 2. The zero-order valence-corrected chi connectivity index (χ0v) is 11.9. The van der Waals surface area contributed by atoms with Gasteiger partial charge < -0.3 is 10.0 Å². The predicted octanol–water partition coefficient (Wildman–Crippen LogP) is 2.77. The molecule has 5 nitrogen and oxygen atoms in total. The molecule has 1 aromatic carbocycles. The zero-order chi connectivity index (χ0) is 14.7. The summed E-state index contributed by atoms with van der Waals surface area (Å²) in [7, 11) is 1.85. The molecule has 2 rings (SSSR count). The Kier molecular flexibility index (Phi) is 4.20. The zero-order valence-electron chi connectivity index (χ0n) is 11.2. The first-order valence-electron chi connectivity index (χ1n) is 6.00. The molecule has 0 aliphatic heterocycles. The van der Waals surface area contributed by atoms with E-state index in [2.05, 4.69) is 9.97 Å². The van der Waals surface area contributed by atoms with Crippen molar-refractivity contribution in [3.63, 3.8) is 0 Å². The summed E-state index contributed by atoms with van der Waals surface area (Å²) in [5.41, 5.74) is 1.64. The third kappa shape index (κ3) is 3.24. The largest absolute Gasteiger partial charge is 0.478 e. The van der Waals surface area contributed by atoms with E-state index in [0.29, 0.717) is 23.2 Å². The van der Waals surface area contributed by atoms with E-state index >= 15 is 0 Å². The van der Waals surface area contributed by atoms with E-state index in [9.17, 15) is 4.79 Å². The molecule has 0 unspecified atom stereocenters. The van der Waals surface area contributed by atoms with Crippen LogP contribution in [0.15, 0.2) is 30.5 Å². The van der Waals surface area contributed by atoms with Crippen molar-refractivity contribution in [2.75, 3.05) is 11.9 Å². The highest BCUT2D eigenvalue weighted by Gasteiger charge is 2.12. The van der Waals surface area contributed by atoms with Crippen LogP contribution in [0.2, 0.25) is 5.02 Å². The van der Waals surface area contributed by atoms with E-state index in [4.69, 9.17) is 16.7 Å². The molecule has 0 bridgehead atoms. The number of aromatic carboxylic acids is 1. The fourth-order valence-corrected chi connectivity index (χ4v) is 1.91. The number of nitrogens with zero attached hydrogens (tertiary/aromatic N) is 3. The van der Waals surface area contributed by atoms with E-state index < -0.39 is 5.97 Å². The van der Waals surface area contributed by atoms with Crippen molar-refractivity contribution in [1.82, 2.24) is 9.97 Å². The summed E-state index contributed by atoms with van der Waals surface area (Å²) in [5, 5.41) is 9.64. The second-order valence-corrected chi connectivity index (χ2v) is 4.89. The van der Waals surface area contributed by atoms with Crippen molar-refractivity contribution in [3.05, 3.63) is 52.3 Å². The molecule has 2 aromatic rings. The van der Waals surface area contributed by atoms with Crippen molar-refractivity contribution in [1.29, 1.82) is 0 Å². The summed E-state index contributed by atoms with van der Waals surface area (Å²) in [6.07, 6.45) is 1.33. The molecule has 1 heterocycles. The maximum absolute atomic E-state index is 10.9.